The van der Waals surface area contributed by atoms with Crippen molar-refractivity contribution in [2.45, 2.75) is 53.4 Å². The second-order valence-electron chi connectivity index (χ2n) is 5.21. The van der Waals surface area contributed by atoms with Crippen molar-refractivity contribution in [1.29, 1.82) is 0 Å². The molecule has 0 aromatic rings. The van der Waals surface area contributed by atoms with Crippen LogP contribution in [0.3, 0.4) is 0 Å². The van der Waals surface area contributed by atoms with E-state index < -0.39 is 5.97 Å². The summed E-state index contributed by atoms with van der Waals surface area (Å²) < 4.78 is 9.90. The molecule has 21 heavy (non-hydrogen) atoms. The van der Waals surface area contributed by atoms with Gasteiger partial charge in [-0.25, -0.2) is 9.59 Å². The molecule has 0 aromatic carbocycles. The number of methoxy groups -OCH3 is 1. The van der Waals surface area contributed by atoms with Crippen LogP contribution in [0.5, 0.6) is 0 Å². The number of ether oxygens (including phenoxy) is 2. The predicted molar refractivity (Wildman–Crippen MR) is 83.8 cm³/mol. The molecule has 0 spiro atoms. The van der Waals surface area contributed by atoms with Crippen LogP contribution < -0.4 is 0 Å². The van der Waals surface area contributed by atoms with Gasteiger partial charge in [0, 0.05) is 11.1 Å². The molecule has 4 nitrogen and oxygen atoms in total. The molecule has 0 N–H and O–H groups in total. The van der Waals surface area contributed by atoms with E-state index in [4.69, 9.17) is 4.74 Å². The average molecular weight is 296 g/mol. The summed E-state index contributed by atoms with van der Waals surface area (Å²) in [6.45, 7) is 8.04. The van der Waals surface area contributed by atoms with E-state index in [1.165, 1.54) is 7.11 Å². The minimum absolute atomic E-state index is 0.334. The fourth-order valence-electron chi connectivity index (χ4n) is 1.75. The SMILES string of the molecule is CCCCC(CC)COC(=O)/C(C)=C/C=C(\C)C(=O)OC. The molecule has 0 radical (unpaired) electrons. The van der Waals surface area contributed by atoms with E-state index in [0.29, 0.717) is 23.7 Å². The summed E-state index contributed by atoms with van der Waals surface area (Å²) >= 11 is 0. The Kier molecular flexibility index (Phi) is 10.3. The third kappa shape index (κ3) is 8.33. The lowest BCUT2D eigenvalue weighted by atomic mass is 10.0. The molecule has 0 aliphatic carbocycles. The molecule has 1 atom stereocenters. The number of carbonyl (C=O) groups is 2. The second-order valence-corrected chi connectivity index (χ2v) is 5.21. The van der Waals surface area contributed by atoms with Crippen molar-refractivity contribution in [3.05, 3.63) is 23.3 Å². The van der Waals surface area contributed by atoms with Gasteiger partial charge in [0.1, 0.15) is 0 Å². The van der Waals surface area contributed by atoms with Gasteiger partial charge in [-0.3, -0.25) is 0 Å². The van der Waals surface area contributed by atoms with Gasteiger partial charge >= 0.3 is 11.9 Å². The number of unbranched alkanes of at least 4 members (excludes halogenated alkanes) is 1. The standard InChI is InChI=1S/C17H28O4/c1-6-8-9-15(7-2)12-21-17(19)14(4)11-10-13(3)16(18)20-5/h10-11,15H,6-9,12H2,1-5H3/b13-10+,14-11+. The first-order valence-electron chi connectivity index (χ1n) is 7.56. The smallest absolute Gasteiger partial charge is 0.333 e. The molecule has 4 heteroatoms. The number of allylic oxidation sites excluding steroid dienone is 2. The third-order valence-corrected chi connectivity index (χ3v) is 3.41. The van der Waals surface area contributed by atoms with Crippen LogP contribution in [-0.4, -0.2) is 25.7 Å². The van der Waals surface area contributed by atoms with Gasteiger partial charge in [-0.1, -0.05) is 45.3 Å². The molecule has 0 aromatic heterocycles. The quantitative estimate of drug-likeness (QED) is 0.369. The summed E-state index contributed by atoms with van der Waals surface area (Å²) in [5.41, 5.74) is 0.919. The lowest BCUT2D eigenvalue weighted by Crippen LogP contribution is -2.14. The molecule has 1 unspecified atom stereocenters. The monoisotopic (exact) mass is 296 g/mol. The Labute approximate surface area is 128 Å². The van der Waals surface area contributed by atoms with Crippen molar-refractivity contribution in [2.75, 3.05) is 13.7 Å². The summed E-state index contributed by atoms with van der Waals surface area (Å²) in [4.78, 5) is 23.1. The highest BCUT2D eigenvalue weighted by atomic mass is 16.5. The third-order valence-electron chi connectivity index (χ3n) is 3.41. The Hall–Kier alpha value is -1.58. The van der Waals surface area contributed by atoms with E-state index in [1.807, 2.05) is 0 Å². The normalized spacial score (nSPS) is 13.8. The van der Waals surface area contributed by atoms with E-state index in [9.17, 15) is 9.59 Å². The van der Waals surface area contributed by atoms with Gasteiger partial charge in [0.25, 0.3) is 0 Å². The first-order chi connectivity index (χ1) is 9.96. The van der Waals surface area contributed by atoms with Crippen LogP contribution in [0.2, 0.25) is 0 Å². The van der Waals surface area contributed by atoms with E-state index in [0.717, 1.165) is 25.7 Å². The van der Waals surface area contributed by atoms with Gasteiger partial charge in [0.15, 0.2) is 0 Å². The molecule has 0 fully saturated rings. The Morgan fingerprint density at radius 3 is 2.10 bits per heavy atom. The lowest BCUT2D eigenvalue weighted by molar-refractivity contribution is -0.140. The summed E-state index contributed by atoms with van der Waals surface area (Å²) in [6, 6.07) is 0. The number of hydrogen-bond donors (Lipinski definition) is 0. The zero-order chi connectivity index (χ0) is 16.3. The Morgan fingerprint density at radius 1 is 1.05 bits per heavy atom. The maximum absolute atomic E-state index is 11.9. The van der Waals surface area contributed by atoms with Crippen LogP contribution in [0.4, 0.5) is 0 Å². The lowest BCUT2D eigenvalue weighted by Gasteiger charge is -2.14. The molecular formula is C17H28O4. The molecule has 0 bridgehead atoms. The van der Waals surface area contributed by atoms with Crippen molar-refractivity contribution < 1.29 is 19.1 Å². The van der Waals surface area contributed by atoms with Crippen LogP contribution in [0.15, 0.2) is 23.3 Å². The van der Waals surface area contributed by atoms with E-state index in [2.05, 4.69) is 18.6 Å². The minimum Gasteiger partial charge on any atom is -0.466 e. The summed E-state index contributed by atoms with van der Waals surface area (Å²) in [5.74, 6) is -0.314. The minimum atomic E-state index is -0.405. The Balaban J connectivity index is 4.41. The topological polar surface area (TPSA) is 52.6 Å². The maximum atomic E-state index is 11.9. The van der Waals surface area contributed by atoms with Crippen molar-refractivity contribution >= 4 is 11.9 Å². The van der Waals surface area contributed by atoms with Crippen LogP contribution >= 0.6 is 0 Å². The van der Waals surface area contributed by atoms with Gasteiger partial charge < -0.3 is 9.47 Å². The van der Waals surface area contributed by atoms with Crippen molar-refractivity contribution in [3.8, 4) is 0 Å². The van der Waals surface area contributed by atoms with Crippen molar-refractivity contribution in [3.63, 3.8) is 0 Å². The highest BCUT2D eigenvalue weighted by Gasteiger charge is 2.11. The van der Waals surface area contributed by atoms with Gasteiger partial charge in [-0.05, 0) is 26.2 Å². The van der Waals surface area contributed by atoms with Crippen LogP contribution in [0, 0.1) is 5.92 Å². The zero-order valence-electron chi connectivity index (χ0n) is 13.9. The molecule has 0 amide bonds. The van der Waals surface area contributed by atoms with Gasteiger partial charge in [-0.2, -0.15) is 0 Å². The van der Waals surface area contributed by atoms with E-state index in [1.54, 1.807) is 26.0 Å². The summed E-state index contributed by atoms with van der Waals surface area (Å²) in [7, 11) is 1.33. The Morgan fingerprint density at radius 2 is 1.62 bits per heavy atom. The molecule has 0 rings (SSSR count). The van der Waals surface area contributed by atoms with Crippen LogP contribution in [0.1, 0.15) is 53.4 Å². The number of carbonyl (C=O) groups excluding carboxylic acids is 2. The maximum Gasteiger partial charge on any atom is 0.333 e. The number of hydrogen-bond acceptors (Lipinski definition) is 4. The van der Waals surface area contributed by atoms with Crippen LogP contribution in [-0.2, 0) is 19.1 Å². The first kappa shape index (κ1) is 19.4. The van der Waals surface area contributed by atoms with Crippen LogP contribution in [0.25, 0.3) is 0 Å². The number of esters is 2. The van der Waals surface area contributed by atoms with Gasteiger partial charge in [0.05, 0.1) is 13.7 Å². The van der Waals surface area contributed by atoms with Gasteiger partial charge in [-0.15, -0.1) is 0 Å². The first-order valence-corrected chi connectivity index (χ1v) is 7.56. The summed E-state index contributed by atoms with van der Waals surface area (Å²) in [6.07, 6.45) is 7.56. The predicted octanol–water partition coefficient (Wildman–Crippen LogP) is 3.81. The fraction of sp³-hybridized carbons (Fsp3) is 0.647. The second kappa shape index (κ2) is 11.1. The largest absolute Gasteiger partial charge is 0.466 e. The molecule has 0 aliphatic heterocycles. The molecule has 0 saturated heterocycles. The summed E-state index contributed by atoms with van der Waals surface area (Å²) in [5, 5.41) is 0. The fourth-order valence-corrected chi connectivity index (χ4v) is 1.75. The average Bonchev–Trinajstić information content (AvgIpc) is 2.51. The highest BCUT2D eigenvalue weighted by molar-refractivity contribution is 5.90. The molecule has 0 saturated carbocycles. The number of rotatable bonds is 9. The Bertz CT molecular complexity index is 394. The highest BCUT2D eigenvalue weighted by Crippen LogP contribution is 2.13. The van der Waals surface area contributed by atoms with Crippen molar-refractivity contribution in [1.82, 2.24) is 0 Å². The van der Waals surface area contributed by atoms with Crippen molar-refractivity contribution in [2.24, 2.45) is 5.92 Å². The van der Waals surface area contributed by atoms with E-state index in [-0.39, 0.29) is 5.97 Å². The molecular weight excluding hydrogens is 268 g/mol. The zero-order valence-corrected chi connectivity index (χ0v) is 13.9. The molecule has 0 aliphatic rings. The molecule has 0 heterocycles. The molecule has 120 valence electrons. The van der Waals surface area contributed by atoms with E-state index >= 15 is 0 Å². The van der Waals surface area contributed by atoms with Gasteiger partial charge in [0.2, 0.25) is 0 Å².